The smallest absolute Gasteiger partial charge is 0.272 e. The second-order valence-corrected chi connectivity index (χ2v) is 7.40. The minimum absolute atomic E-state index is 0.000502. The second-order valence-electron chi connectivity index (χ2n) is 7.40. The molecule has 0 bridgehead atoms. The third-order valence-corrected chi connectivity index (χ3v) is 5.54. The molecule has 0 radical (unpaired) electrons. The zero-order valence-electron chi connectivity index (χ0n) is 17.3. The highest BCUT2D eigenvalue weighted by atomic mass is 16.3. The average Bonchev–Trinajstić information content (AvgIpc) is 2.79. The maximum atomic E-state index is 13.0. The van der Waals surface area contributed by atoms with Crippen LogP contribution in [-0.4, -0.2) is 15.9 Å². The first-order valence-electron chi connectivity index (χ1n) is 9.97. The van der Waals surface area contributed by atoms with Crippen molar-refractivity contribution >= 4 is 22.7 Å². The number of hydrogen-bond donors (Lipinski definition) is 1. The van der Waals surface area contributed by atoms with E-state index >= 15 is 0 Å². The van der Waals surface area contributed by atoms with Crippen LogP contribution in [0.5, 0.6) is 5.88 Å². The summed E-state index contributed by atoms with van der Waals surface area (Å²) < 4.78 is 1.25. The molecule has 4 aromatic rings. The van der Waals surface area contributed by atoms with Crippen LogP contribution in [0.25, 0.3) is 10.8 Å². The van der Waals surface area contributed by atoms with Crippen LogP contribution in [0.2, 0.25) is 0 Å². The molecule has 1 heterocycles. The Morgan fingerprint density at radius 1 is 1.03 bits per heavy atom. The van der Waals surface area contributed by atoms with Gasteiger partial charge in [0, 0.05) is 6.21 Å². The summed E-state index contributed by atoms with van der Waals surface area (Å²) in [6.07, 6.45) is 1.52. The molecule has 0 aliphatic rings. The molecule has 3 aromatic carbocycles. The van der Waals surface area contributed by atoms with Gasteiger partial charge in [-0.2, -0.15) is 5.26 Å². The van der Waals surface area contributed by atoms with Gasteiger partial charge in [0.05, 0.1) is 17.3 Å². The largest absolute Gasteiger partial charge is 0.494 e. The van der Waals surface area contributed by atoms with Crippen LogP contribution in [-0.2, 0) is 0 Å². The molecule has 4 rings (SSSR count). The van der Waals surface area contributed by atoms with Gasteiger partial charge in [0.2, 0.25) is 5.88 Å². The van der Waals surface area contributed by atoms with Crippen molar-refractivity contribution in [2.45, 2.75) is 19.9 Å². The molecule has 1 aromatic heterocycles. The van der Waals surface area contributed by atoms with Gasteiger partial charge in [0.25, 0.3) is 5.56 Å². The lowest BCUT2D eigenvalue weighted by Crippen LogP contribution is -2.28. The first-order chi connectivity index (χ1) is 15.0. The molecule has 0 saturated carbocycles. The van der Waals surface area contributed by atoms with Gasteiger partial charge in [-0.15, -0.1) is 0 Å². The van der Waals surface area contributed by atoms with Crippen LogP contribution >= 0.6 is 0 Å². The summed E-state index contributed by atoms with van der Waals surface area (Å²) in [5, 5.41) is 22.8. The average molecular weight is 407 g/mol. The highest BCUT2D eigenvalue weighted by molar-refractivity contribution is 5.90. The van der Waals surface area contributed by atoms with Crippen LogP contribution in [0, 0.1) is 18.3 Å². The standard InChI is InChI=1S/C26H21N3O2/c1-17-23(15-27)25(30)29(18(2)19-8-4-3-5-9-19)26(31)24(17)16-28-22-13-12-20-10-6-7-11-21(20)14-22/h3-14,16,18,31H,1-2H3. The third-order valence-electron chi connectivity index (χ3n) is 5.54. The molecule has 0 aliphatic carbocycles. The van der Waals surface area contributed by atoms with Crippen LogP contribution < -0.4 is 5.56 Å². The summed E-state index contributed by atoms with van der Waals surface area (Å²) in [4.78, 5) is 17.5. The lowest BCUT2D eigenvalue weighted by Gasteiger charge is -2.20. The Morgan fingerprint density at radius 2 is 1.71 bits per heavy atom. The van der Waals surface area contributed by atoms with E-state index in [9.17, 15) is 15.2 Å². The van der Waals surface area contributed by atoms with E-state index < -0.39 is 11.6 Å². The number of aliphatic imine (C=N–C) groups is 1. The molecule has 5 heteroatoms. The van der Waals surface area contributed by atoms with Crippen molar-refractivity contribution in [1.82, 2.24) is 4.57 Å². The topological polar surface area (TPSA) is 78.4 Å². The third kappa shape index (κ3) is 3.72. The Labute approximate surface area is 180 Å². The zero-order valence-corrected chi connectivity index (χ0v) is 17.3. The summed E-state index contributed by atoms with van der Waals surface area (Å²) in [5.74, 6) is -0.206. The summed E-state index contributed by atoms with van der Waals surface area (Å²) in [7, 11) is 0. The minimum atomic E-state index is -0.517. The van der Waals surface area contributed by atoms with Crippen molar-refractivity contribution in [1.29, 1.82) is 5.26 Å². The molecule has 31 heavy (non-hydrogen) atoms. The number of hydrogen-bond acceptors (Lipinski definition) is 4. The van der Waals surface area contributed by atoms with E-state index in [0.717, 1.165) is 16.3 Å². The van der Waals surface area contributed by atoms with Crippen LogP contribution in [0.15, 0.2) is 82.6 Å². The maximum Gasteiger partial charge on any atom is 0.272 e. The highest BCUT2D eigenvalue weighted by Crippen LogP contribution is 2.27. The lowest BCUT2D eigenvalue weighted by atomic mass is 10.0. The van der Waals surface area contributed by atoms with E-state index in [1.54, 1.807) is 6.92 Å². The molecule has 0 spiro atoms. The number of pyridine rings is 1. The van der Waals surface area contributed by atoms with Crippen molar-refractivity contribution in [3.63, 3.8) is 0 Å². The number of nitriles is 1. The molecule has 0 fully saturated rings. The fraction of sp³-hybridized carbons (Fsp3) is 0.115. The predicted molar refractivity (Wildman–Crippen MR) is 123 cm³/mol. The number of rotatable bonds is 4. The van der Waals surface area contributed by atoms with Crippen molar-refractivity contribution < 1.29 is 5.11 Å². The van der Waals surface area contributed by atoms with E-state index in [1.807, 2.05) is 85.8 Å². The molecular formula is C26H21N3O2. The van der Waals surface area contributed by atoms with E-state index in [1.165, 1.54) is 10.8 Å². The first kappa shape index (κ1) is 20.1. The molecule has 1 N–H and O–H groups in total. The Morgan fingerprint density at radius 3 is 2.42 bits per heavy atom. The van der Waals surface area contributed by atoms with Gasteiger partial charge in [-0.1, -0.05) is 60.7 Å². The van der Waals surface area contributed by atoms with Gasteiger partial charge in [0.15, 0.2) is 0 Å². The van der Waals surface area contributed by atoms with Gasteiger partial charge in [-0.3, -0.25) is 14.4 Å². The summed E-state index contributed by atoms with van der Waals surface area (Å²) >= 11 is 0. The molecule has 0 saturated heterocycles. The fourth-order valence-electron chi connectivity index (χ4n) is 3.73. The van der Waals surface area contributed by atoms with Crippen LogP contribution in [0.4, 0.5) is 5.69 Å². The number of fused-ring (bicyclic) bond motifs is 1. The molecule has 152 valence electrons. The molecule has 1 unspecified atom stereocenters. The van der Waals surface area contributed by atoms with Gasteiger partial charge >= 0.3 is 0 Å². The second kappa shape index (κ2) is 8.29. The maximum absolute atomic E-state index is 13.0. The van der Waals surface area contributed by atoms with Crippen LogP contribution in [0.3, 0.4) is 0 Å². The number of benzene rings is 3. The van der Waals surface area contributed by atoms with Gasteiger partial charge in [0.1, 0.15) is 11.6 Å². The Hall–Kier alpha value is -4.17. The molecule has 5 nitrogen and oxygen atoms in total. The van der Waals surface area contributed by atoms with Crippen LogP contribution in [0.1, 0.15) is 35.2 Å². The fourth-order valence-corrected chi connectivity index (χ4v) is 3.73. The lowest BCUT2D eigenvalue weighted by molar-refractivity contribution is 0.393. The van der Waals surface area contributed by atoms with E-state index in [2.05, 4.69) is 4.99 Å². The molecule has 1 atom stereocenters. The number of aromatic nitrogens is 1. The quantitative estimate of drug-likeness (QED) is 0.470. The van der Waals surface area contributed by atoms with Crippen molar-refractivity contribution in [2.75, 3.05) is 0 Å². The molecule has 0 aliphatic heterocycles. The predicted octanol–water partition coefficient (Wildman–Crippen LogP) is 5.25. The number of nitrogens with zero attached hydrogens (tertiary/aromatic N) is 3. The minimum Gasteiger partial charge on any atom is -0.494 e. The Balaban J connectivity index is 1.84. The SMILES string of the molecule is Cc1c(C=Nc2ccc3ccccc3c2)c(O)n(C(C)c2ccccc2)c(=O)c1C#N. The van der Waals surface area contributed by atoms with Gasteiger partial charge < -0.3 is 5.11 Å². The highest BCUT2D eigenvalue weighted by Gasteiger charge is 2.22. The monoisotopic (exact) mass is 407 g/mol. The first-order valence-corrected chi connectivity index (χ1v) is 9.97. The van der Waals surface area contributed by atoms with E-state index in [0.29, 0.717) is 16.8 Å². The van der Waals surface area contributed by atoms with Crippen molar-refractivity contribution in [2.24, 2.45) is 4.99 Å². The summed E-state index contributed by atoms with van der Waals surface area (Å²) in [5.41, 5.74) is 1.81. The van der Waals surface area contributed by atoms with Gasteiger partial charge in [-0.25, -0.2) is 0 Å². The molecular weight excluding hydrogens is 386 g/mol. The summed E-state index contributed by atoms with van der Waals surface area (Å²) in [6, 6.07) is 24.7. The van der Waals surface area contributed by atoms with Crippen molar-refractivity contribution in [3.8, 4) is 11.9 Å². The molecule has 0 amide bonds. The zero-order chi connectivity index (χ0) is 22.0. The van der Waals surface area contributed by atoms with Gasteiger partial charge in [-0.05, 0) is 47.9 Å². The Bertz CT molecular complexity index is 1400. The van der Waals surface area contributed by atoms with E-state index in [-0.39, 0.29) is 11.4 Å². The number of aromatic hydroxyl groups is 1. The Kier molecular flexibility index (Phi) is 5.38. The van der Waals surface area contributed by atoms with E-state index in [4.69, 9.17) is 0 Å². The van der Waals surface area contributed by atoms with Crippen molar-refractivity contribution in [3.05, 3.63) is 105 Å². The summed E-state index contributed by atoms with van der Waals surface area (Å²) in [6.45, 7) is 3.47. The normalized spacial score (nSPS) is 12.2.